The molecule has 8 aromatic rings. The van der Waals surface area contributed by atoms with Crippen LogP contribution in [0.15, 0.2) is 146 Å². The van der Waals surface area contributed by atoms with E-state index in [1.54, 1.807) is 0 Å². The Kier molecular flexibility index (Phi) is 4.26. The summed E-state index contributed by atoms with van der Waals surface area (Å²) in [6.07, 6.45) is 0. The summed E-state index contributed by atoms with van der Waals surface area (Å²) < 4.78 is 4.98. The summed E-state index contributed by atoms with van der Waals surface area (Å²) in [5, 5.41) is 3.92. The van der Waals surface area contributed by atoms with E-state index in [0.717, 1.165) is 5.69 Å². The lowest BCUT2D eigenvalue weighted by atomic mass is 9.34. The highest BCUT2D eigenvalue weighted by atomic mass is 15.3. The van der Waals surface area contributed by atoms with Crippen molar-refractivity contribution >= 4 is 73.0 Å². The zero-order valence-corrected chi connectivity index (χ0v) is 22.8. The van der Waals surface area contributed by atoms with Crippen LogP contribution in [0.2, 0.25) is 0 Å². The summed E-state index contributed by atoms with van der Waals surface area (Å²) in [5.74, 6) is 1.21. The molecule has 0 N–H and O–H groups in total. The van der Waals surface area contributed by atoms with Crippen LogP contribution in [0, 0.1) is 0 Å². The fourth-order valence-electron chi connectivity index (χ4n) is 7.76. The minimum absolute atomic E-state index is 0.0986. The molecule has 0 saturated heterocycles. The van der Waals surface area contributed by atoms with Crippen LogP contribution in [0.4, 0.5) is 17.2 Å². The number of aromatic nitrogens is 2. The number of fused-ring (bicyclic) bond motifs is 9. The molecule has 0 bridgehead atoms. The number of rotatable bonds is 2. The highest BCUT2D eigenvalue weighted by Crippen LogP contribution is 2.44. The Morgan fingerprint density at radius 2 is 1.00 bits per heavy atom. The van der Waals surface area contributed by atoms with Crippen LogP contribution in [-0.4, -0.2) is 15.8 Å². The average Bonchev–Trinajstić information content (AvgIpc) is 3.58. The van der Waals surface area contributed by atoms with Crippen molar-refractivity contribution in [3.63, 3.8) is 0 Å². The van der Waals surface area contributed by atoms with E-state index in [2.05, 4.69) is 160 Å². The van der Waals surface area contributed by atoms with Crippen molar-refractivity contribution in [1.29, 1.82) is 0 Å². The molecule has 0 saturated carbocycles. The van der Waals surface area contributed by atoms with Gasteiger partial charge in [0.05, 0.1) is 11.0 Å². The quantitative estimate of drug-likeness (QED) is 0.212. The van der Waals surface area contributed by atoms with Crippen LogP contribution in [0.5, 0.6) is 0 Å². The minimum atomic E-state index is 0.0986. The molecule has 0 amide bonds. The van der Waals surface area contributed by atoms with Gasteiger partial charge in [0.2, 0.25) is 0 Å². The Morgan fingerprint density at radius 1 is 0.405 bits per heavy atom. The molecule has 42 heavy (non-hydrogen) atoms. The van der Waals surface area contributed by atoms with Crippen molar-refractivity contribution in [3.8, 4) is 11.4 Å². The topological polar surface area (TPSA) is 13.1 Å². The van der Waals surface area contributed by atoms with Gasteiger partial charge in [-0.3, -0.25) is 9.47 Å². The molecule has 0 fully saturated rings. The van der Waals surface area contributed by atoms with Gasteiger partial charge in [0.1, 0.15) is 5.82 Å². The first-order valence-corrected chi connectivity index (χ1v) is 14.6. The SMILES string of the molecule is c1ccc(N2c3cccc4c3B(c3c2n(-c2ccccc2)c2ccccc32)c2cccc3c5ccccc5n-4c23)cc1. The van der Waals surface area contributed by atoms with Gasteiger partial charge < -0.3 is 4.57 Å². The number of anilines is 3. The maximum Gasteiger partial charge on any atom is 0.255 e. The Hall–Kier alpha value is -5.48. The Morgan fingerprint density at radius 3 is 1.79 bits per heavy atom. The molecular formula is C38H24BN3. The molecule has 0 atom stereocenters. The molecular weight excluding hydrogens is 509 g/mol. The van der Waals surface area contributed by atoms with Crippen molar-refractivity contribution in [2.75, 3.05) is 4.90 Å². The molecule has 194 valence electrons. The summed E-state index contributed by atoms with van der Waals surface area (Å²) >= 11 is 0. The molecule has 2 aliphatic heterocycles. The van der Waals surface area contributed by atoms with Gasteiger partial charge in [-0.1, -0.05) is 97.1 Å². The van der Waals surface area contributed by atoms with Crippen molar-refractivity contribution in [1.82, 2.24) is 9.13 Å². The third kappa shape index (κ3) is 2.67. The molecule has 6 aromatic carbocycles. The molecule has 2 aliphatic rings. The van der Waals surface area contributed by atoms with Crippen LogP contribution in [0.3, 0.4) is 0 Å². The lowest BCUT2D eigenvalue weighted by Crippen LogP contribution is -2.60. The van der Waals surface area contributed by atoms with E-state index < -0.39 is 0 Å². The zero-order chi connectivity index (χ0) is 27.4. The first kappa shape index (κ1) is 22.2. The molecule has 4 heteroatoms. The van der Waals surface area contributed by atoms with E-state index in [-0.39, 0.29) is 6.71 Å². The normalized spacial score (nSPS) is 13.1. The summed E-state index contributed by atoms with van der Waals surface area (Å²) in [6, 6.07) is 53.2. The second kappa shape index (κ2) is 8.05. The van der Waals surface area contributed by atoms with Gasteiger partial charge in [0, 0.05) is 39.0 Å². The van der Waals surface area contributed by atoms with Crippen LogP contribution in [0.25, 0.3) is 44.1 Å². The predicted octanol–water partition coefficient (Wildman–Crippen LogP) is 7.34. The fourth-order valence-corrected chi connectivity index (χ4v) is 7.76. The van der Waals surface area contributed by atoms with Crippen molar-refractivity contribution in [2.24, 2.45) is 0 Å². The summed E-state index contributed by atoms with van der Waals surface area (Å²) in [6.45, 7) is 0.0986. The first-order chi connectivity index (χ1) is 20.9. The van der Waals surface area contributed by atoms with E-state index >= 15 is 0 Å². The van der Waals surface area contributed by atoms with Crippen LogP contribution in [-0.2, 0) is 0 Å². The maximum atomic E-state index is 2.51. The van der Waals surface area contributed by atoms with Crippen LogP contribution >= 0.6 is 0 Å². The van der Waals surface area contributed by atoms with E-state index in [9.17, 15) is 0 Å². The molecule has 0 unspecified atom stereocenters. The van der Waals surface area contributed by atoms with Gasteiger partial charge in [-0.2, -0.15) is 0 Å². The smallest absolute Gasteiger partial charge is 0.255 e. The molecule has 0 aliphatic carbocycles. The van der Waals surface area contributed by atoms with Gasteiger partial charge in [-0.15, -0.1) is 0 Å². The van der Waals surface area contributed by atoms with Crippen LogP contribution in [0.1, 0.15) is 0 Å². The zero-order valence-electron chi connectivity index (χ0n) is 22.8. The van der Waals surface area contributed by atoms with Gasteiger partial charge >= 0.3 is 0 Å². The average molecular weight is 533 g/mol. The number of nitrogens with zero attached hydrogens (tertiary/aromatic N) is 3. The molecule has 10 rings (SSSR count). The molecule has 0 spiro atoms. The van der Waals surface area contributed by atoms with Gasteiger partial charge in [0.15, 0.2) is 0 Å². The lowest BCUT2D eigenvalue weighted by molar-refractivity contribution is 1.07. The standard InChI is InChI=1S/C38H24BN3/c1-3-13-25(14-4-1)40-32-22-10-8-18-29(32)35-38(40)41(26-15-5-2-6-16-26)33-23-12-24-34-36(33)39(35)30-20-11-19-28-27-17-7-9-21-31(27)42(34)37(28)30/h1-24H. The summed E-state index contributed by atoms with van der Waals surface area (Å²) in [4.78, 5) is 2.49. The number of para-hydroxylation sites is 5. The second-order valence-corrected chi connectivity index (χ2v) is 11.3. The predicted molar refractivity (Wildman–Crippen MR) is 177 cm³/mol. The van der Waals surface area contributed by atoms with E-state index in [4.69, 9.17) is 0 Å². The van der Waals surface area contributed by atoms with Gasteiger partial charge in [0.25, 0.3) is 6.71 Å². The lowest BCUT2D eigenvalue weighted by Gasteiger charge is -2.39. The van der Waals surface area contributed by atoms with Gasteiger partial charge in [-0.05, 0) is 70.3 Å². The highest BCUT2D eigenvalue weighted by Gasteiger charge is 2.44. The monoisotopic (exact) mass is 533 g/mol. The largest absolute Gasteiger partial charge is 0.310 e. The first-order valence-electron chi connectivity index (χ1n) is 14.6. The number of benzene rings is 6. The maximum absolute atomic E-state index is 2.51. The van der Waals surface area contributed by atoms with E-state index in [0.29, 0.717) is 0 Å². The van der Waals surface area contributed by atoms with Crippen molar-refractivity contribution in [3.05, 3.63) is 146 Å². The highest BCUT2D eigenvalue weighted by molar-refractivity contribution is 7.01. The number of hydrogen-bond donors (Lipinski definition) is 0. The molecule has 3 nitrogen and oxygen atoms in total. The Balaban J connectivity index is 1.45. The van der Waals surface area contributed by atoms with Crippen molar-refractivity contribution < 1.29 is 0 Å². The molecule has 2 aromatic heterocycles. The third-order valence-electron chi connectivity index (χ3n) is 9.28. The summed E-state index contributed by atoms with van der Waals surface area (Å²) in [7, 11) is 0. The van der Waals surface area contributed by atoms with Crippen LogP contribution < -0.4 is 21.3 Å². The van der Waals surface area contributed by atoms with E-state index in [1.807, 2.05) is 0 Å². The Labute approximate surface area is 243 Å². The second-order valence-electron chi connectivity index (χ2n) is 11.3. The summed E-state index contributed by atoms with van der Waals surface area (Å²) in [5.41, 5.74) is 12.7. The van der Waals surface area contributed by atoms with Gasteiger partial charge in [-0.25, -0.2) is 0 Å². The third-order valence-corrected chi connectivity index (χ3v) is 9.28. The molecule has 0 radical (unpaired) electrons. The fraction of sp³-hybridized carbons (Fsp3) is 0. The van der Waals surface area contributed by atoms with E-state index in [1.165, 1.54) is 72.0 Å². The molecule has 4 heterocycles. The number of hydrogen-bond acceptors (Lipinski definition) is 1. The van der Waals surface area contributed by atoms with Crippen molar-refractivity contribution in [2.45, 2.75) is 0 Å². The minimum Gasteiger partial charge on any atom is -0.310 e. The Bertz CT molecular complexity index is 2370.